The zero-order chi connectivity index (χ0) is 28.4. The van der Waals surface area contributed by atoms with Crippen LogP contribution in [0.3, 0.4) is 0 Å². The number of piperidine rings is 1. The summed E-state index contributed by atoms with van der Waals surface area (Å²) in [5.74, 6) is 0.240. The molecule has 1 aromatic rings. The van der Waals surface area contributed by atoms with Crippen LogP contribution in [0.1, 0.15) is 57.9 Å². The smallest absolute Gasteiger partial charge is 0.300 e. The highest BCUT2D eigenvalue weighted by atomic mass is 35.5. The first-order valence-corrected chi connectivity index (χ1v) is 15.5. The van der Waals surface area contributed by atoms with Crippen molar-refractivity contribution in [3.8, 4) is 0 Å². The van der Waals surface area contributed by atoms with Gasteiger partial charge in [-0.1, -0.05) is 44.4 Å². The minimum Gasteiger partial charge on any atom is -0.352 e. The predicted molar refractivity (Wildman–Crippen MR) is 155 cm³/mol. The van der Waals surface area contributed by atoms with Crippen molar-refractivity contribution in [2.24, 2.45) is 5.92 Å². The fraction of sp³-hybridized carbons (Fsp3) is 0.500. The number of nitrogens with one attached hydrogen (secondary N) is 3. The van der Waals surface area contributed by atoms with E-state index >= 15 is 0 Å². The first kappa shape index (κ1) is 29.5. The number of quaternary nitrogens is 1. The molecule has 9 nitrogen and oxygen atoms in total. The molecule has 0 radical (unpaired) electrons. The Hall–Kier alpha value is -2.50. The van der Waals surface area contributed by atoms with Gasteiger partial charge in [0, 0.05) is 12.6 Å². The van der Waals surface area contributed by atoms with Crippen LogP contribution in [0.25, 0.3) is 0 Å². The third-order valence-corrected chi connectivity index (χ3v) is 8.90. The minimum absolute atomic E-state index is 0.0201. The Bertz CT molecular complexity index is 1350. The minimum atomic E-state index is -4.65. The number of amides is 1. The lowest BCUT2D eigenvalue weighted by Crippen LogP contribution is -2.52. The Kier molecular flexibility index (Phi) is 9.02. The monoisotopic (exact) mass is 576 g/mol. The second kappa shape index (κ2) is 11.9. The number of nitrogens with zero attached hydrogens (tertiary/aromatic N) is 2. The molecule has 11 heteroatoms. The molecule has 3 aliphatic rings. The molecule has 1 amide bonds. The fourth-order valence-corrected chi connectivity index (χ4v) is 6.52. The molecule has 0 aromatic heterocycles. The summed E-state index contributed by atoms with van der Waals surface area (Å²) in [6, 6.07) is 4.52. The van der Waals surface area contributed by atoms with E-state index in [9.17, 15) is 17.8 Å². The maximum absolute atomic E-state index is 13.6. The van der Waals surface area contributed by atoms with Crippen LogP contribution in [-0.2, 0) is 14.9 Å². The average molecular weight is 577 g/mol. The molecule has 1 atom stereocenters. The molecular formula is C28H39ClN5O4S+. The molecule has 0 saturated carbocycles. The van der Waals surface area contributed by atoms with Gasteiger partial charge in [0.1, 0.15) is 16.8 Å². The molecule has 0 bridgehead atoms. The number of fused-ring (bicyclic) bond motifs is 1. The molecule has 0 aliphatic carbocycles. The topological polar surface area (TPSA) is 123 Å². The van der Waals surface area contributed by atoms with Crippen LogP contribution < -0.4 is 15.1 Å². The molecule has 0 spiro atoms. The van der Waals surface area contributed by atoms with Crippen LogP contribution in [0.2, 0.25) is 0 Å². The second-order valence-corrected chi connectivity index (χ2v) is 12.4. The van der Waals surface area contributed by atoms with Gasteiger partial charge in [-0.05, 0) is 75.9 Å². The summed E-state index contributed by atoms with van der Waals surface area (Å²) >= 11 is 6.58. The summed E-state index contributed by atoms with van der Waals surface area (Å²) in [4.78, 5) is 15.8. The van der Waals surface area contributed by atoms with Gasteiger partial charge in [-0.3, -0.25) is 9.35 Å². The van der Waals surface area contributed by atoms with Crippen LogP contribution in [0, 0.1) is 18.3 Å². The summed E-state index contributed by atoms with van der Waals surface area (Å²) in [5.41, 5.74) is 1.84. The number of halogens is 1. The number of carbonyl (C=O) groups is 1. The molecule has 39 heavy (non-hydrogen) atoms. The highest BCUT2D eigenvalue weighted by Gasteiger charge is 2.53. The largest absolute Gasteiger partial charge is 0.352 e. The van der Waals surface area contributed by atoms with E-state index in [0.29, 0.717) is 24.7 Å². The lowest BCUT2D eigenvalue weighted by molar-refractivity contribution is -0.117. The summed E-state index contributed by atoms with van der Waals surface area (Å²) in [5, 5.41) is 15.4. The maximum Gasteiger partial charge on any atom is 0.300 e. The van der Waals surface area contributed by atoms with Gasteiger partial charge < -0.3 is 15.5 Å². The average Bonchev–Trinajstić information content (AvgIpc) is 3.28. The summed E-state index contributed by atoms with van der Waals surface area (Å²) < 4.78 is 34.5. The van der Waals surface area contributed by atoms with Crippen LogP contribution in [0.4, 0.5) is 5.69 Å². The Labute approximate surface area is 236 Å². The number of amidine groups is 1. The van der Waals surface area contributed by atoms with E-state index in [1.807, 2.05) is 6.92 Å². The number of rotatable bonds is 10. The third kappa shape index (κ3) is 6.00. The van der Waals surface area contributed by atoms with E-state index in [1.54, 1.807) is 25.3 Å². The van der Waals surface area contributed by atoms with E-state index in [0.717, 1.165) is 50.2 Å². The van der Waals surface area contributed by atoms with Crippen molar-refractivity contribution in [1.29, 1.82) is 5.41 Å². The summed E-state index contributed by atoms with van der Waals surface area (Å²) in [7, 11) is -4.65. The van der Waals surface area contributed by atoms with Crippen LogP contribution in [0.15, 0.2) is 57.5 Å². The Morgan fingerprint density at radius 1 is 1.26 bits per heavy atom. The maximum atomic E-state index is 13.6. The Balaban J connectivity index is 1.70. The lowest BCUT2D eigenvalue weighted by Gasteiger charge is -2.35. The van der Waals surface area contributed by atoms with Crippen molar-refractivity contribution in [3.63, 3.8) is 0 Å². The zero-order valence-electron chi connectivity index (χ0n) is 22.9. The number of allylic oxidation sites excluding steroid dienone is 1. The number of benzene rings is 1. The van der Waals surface area contributed by atoms with Gasteiger partial charge in [-0.25, -0.2) is 5.41 Å². The first-order valence-electron chi connectivity index (χ1n) is 13.7. The van der Waals surface area contributed by atoms with Crippen molar-refractivity contribution in [2.75, 3.05) is 26.2 Å². The lowest BCUT2D eigenvalue weighted by atomic mass is 9.96. The van der Waals surface area contributed by atoms with E-state index in [-0.39, 0.29) is 32.9 Å². The third-order valence-electron chi connectivity index (χ3n) is 7.71. The molecule has 4 rings (SSSR count). The van der Waals surface area contributed by atoms with Crippen LogP contribution in [0.5, 0.6) is 0 Å². The van der Waals surface area contributed by atoms with Gasteiger partial charge in [-0.15, -0.1) is 0 Å². The summed E-state index contributed by atoms with van der Waals surface area (Å²) in [6.45, 7) is 9.68. The number of unbranched alkanes of at least 4 members (excludes halogenated alkanes) is 1. The van der Waals surface area contributed by atoms with Crippen molar-refractivity contribution >= 4 is 39.1 Å². The molecular weight excluding hydrogens is 538 g/mol. The van der Waals surface area contributed by atoms with E-state index in [2.05, 4.69) is 22.5 Å². The van der Waals surface area contributed by atoms with Crippen LogP contribution in [-0.4, -0.2) is 55.8 Å². The Morgan fingerprint density at radius 3 is 2.62 bits per heavy atom. The number of likely N-dealkylation sites (tertiary alicyclic amines) is 1. The van der Waals surface area contributed by atoms with Gasteiger partial charge in [-0.2, -0.15) is 12.9 Å². The second-order valence-electron chi connectivity index (χ2n) is 10.7. The van der Waals surface area contributed by atoms with E-state index in [4.69, 9.17) is 17.0 Å². The van der Waals surface area contributed by atoms with Crippen molar-refractivity contribution in [3.05, 3.63) is 58.2 Å². The quantitative estimate of drug-likeness (QED) is 0.235. The summed E-state index contributed by atoms with van der Waals surface area (Å²) in [6.07, 6.45) is 9.00. The molecule has 4 N–H and O–H groups in total. The molecule has 1 fully saturated rings. The highest BCUT2D eigenvalue weighted by Crippen LogP contribution is 2.45. The molecule has 1 aromatic carbocycles. The van der Waals surface area contributed by atoms with Crippen molar-refractivity contribution in [2.45, 2.75) is 64.2 Å². The van der Waals surface area contributed by atoms with Gasteiger partial charge in [0.2, 0.25) is 5.82 Å². The normalized spacial score (nSPS) is 22.3. The number of aryl methyl sites for hydroxylation is 1. The van der Waals surface area contributed by atoms with Gasteiger partial charge in [0.15, 0.2) is 10.6 Å². The molecule has 1 unspecified atom stereocenters. The zero-order valence-corrected chi connectivity index (χ0v) is 24.5. The standard InChI is InChI=1S/C28H38ClN5O4S/c1-4-6-12-33-13-10-20(11-14-33)17-31-28(35)22-16-23(29)26(30)34(18-21(7-5-2)32-27(22)34)24-15-19(3)8-9-25(24)39(36,37)38/h8-9,15-16,18,20H,4-7,10-14,17H2,1-3H3,(H3-,30,31,32,35,36,37,38)/p+1. The predicted octanol–water partition coefficient (Wildman–Crippen LogP) is 4.75. The molecule has 3 aliphatic heterocycles. The van der Waals surface area contributed by atoms with Crippen LogP contribution >= 0.6 is 11.6 Å². The van der Waals surface area contributed by atoms with E-state index in [1.165, 1.54) is 25.0 Å². The molecule has 3 heterocycles. The fourth-order valence-electron chi connectivity index (χ4n) is 5.57. The van der Waals surface area contributed by atoms with Crippen molar-refractivity contribution in [1.82, 2.24) is 20.0 Å². The SMILES string of the molecule is CCCCN1CCC(CNC(=O)C2=C3NC(CCC)=C[N+]3(c3cc(C)ccc3S(=O)(=O)O)C(=N)C(Cl)=C2)CC1. The first-order chi connectivity index (χ1) is 18.5. The Morgan fingerprint density at radius 2 is 1.97 bits per heavy atom. The molecule has 1 saturated heterocycles. The number of carbonyl (C=O) groups excluding carboxylic acids is 1. The molecule has 212 valence electrons. The van der Waals surface area contributed by atoms with Gasteiger partial charge >= 0.3 is 10.1 Å². The van der Waals surface area contributed by atoms with Gasteiger partial charge in [0.05, 0.1) is 5.70 Å². The van der Waals surface area contributed by atoms with Gasteiger partial charge in [0.25, 0.3) is 11.7 Å². The number of hydrogen-bond acceptors (Lipinski definition) is 6. The highest BCUT2D eigenvalue weighted by molar-refractivity contribution is 7.86. The number of hydrogen-bond donors (Lipinski definition) is 4. The van der Waals surface area contributed by atoms with E-state index < -0.39 is 14.6 Å². The van der Waals surface area contributed by atoms with Crippen molar-refractivity contribution < 1.29 is 17.8 Å².